The molecule has 1 aromatic rings. The first-order chi connectivity index (χ1) is 6.97. The van der Waals surface area contributed by atoms with Crippen molar-refractivity contribution in [3.8, 4) is 0 Å². The fourth-order valence-electron chi connectivity index (χ4n) is 1.76. The van der Waals surface area contributed by atoms with Gasteiger partial charge in [-0.05, 0) is 26.5 Å². The van der Waals surface area contributed by atoms with E-state index in [-0.39, 0.29) is 6.54 Å². The summed E-state index contributed by atoms with van der Waals surface area (Å²) in [5.41, 5.74) is 3.60. The Hall–Kier alpha value is -1.35. The van der Waals surface area contributed by atoms with Crippen LogP contribution in [-0.2, 0) is 11.3 Å². The van der Waals surface area contributed by atoms with Crippen molar-refractivity contribution >= 4 is 5.97 Å². The lowest BCUT2D eigenvalue weighted by Crippen LogP contribution is -2.25. The monoisotopic (exact) mass is 207 g/mol. The van der Waals surface area contributed by atoms with E-state index >= 15 is 0 Å². The summed E-state index contributed by atoms with van der Waals surface area (Å²) in [7, 11) is 1.81. The Morgan fingerprint density at radius 3 is 2.27 bits per heavy atom. The van der Waals surface area contributed by atoms with Gasteiger partial charge < -0.3 is 5.11 Å². The van der Waals surface area contributed by atoms with Gasteiger partial charge in [0.2, 0.25) is 0 Å². The van der Waals surface area contributed by atoms with Gasteiger partial charge in [0.15, 0.2) is 0 Å². The standard InChI is InChI=1S/C12H17NO2/c1-9-4-10(2)6-11(5-9)7-13(3)8-12(14)15/h4-6H,7-8H2,1-3H3,(H,14,15). The molecule has 0 saturated carbocycles. The molecule has 0 amide bonds. The van der Waals surface area contributed by atoms with E-state index in [4.69, 9.17) is 5.11 Å². The Kier molecular flexibility index (Phi) is 3.86. The largest absolute Gasteiger partial charge is 0.480 e. The first-order valence-corrected chi connectivity index (χ1v) is 4.95. The number of hydrogen-bond donors (Lipinski definition) is 1. The second-order valence-corrected chi connectivity index (χ2v) is 4.06. The predicted octanol–water partition coefficient (Wildman–Crippen LogP) is 1.82. The molecule has 0 aromatic heterocycles. The lowest BCUT2D eigenvalue weighted by molar-refractivity contribution is -0.138. The van der Waals surface area contributed by atoms with Crippen molar-refractivity contribution in [2.75, 3.05) is 13.6 Å². The van der Waals surface area contributed by atoms with E-state index in [0.29, 0.717) is 6.54 Å². The third-order valence-electron chi connectivity index (χ3n) is 2.14. The summed E-state index contributed by atoms with van der Waals surface area (Å²) in [6, 6.07) is 6.29. The normalized spacial score (nSPS) is 10.7. The third kappa shape index (κ3) is 4.13. The van der Waals surface area contributed by atoms with Gasteiger partial charge >= 0.3 is 5.97 Å². The Bertz CT molecular complexity index is 340. The van der Waals surface area contributed by atoms with Gasteiger partial charge in [0.1, 0.15) is 0 Å². The molecule has 3 heteroatoms. The highest BCUT2D eigenvalue weighted by Gasteiger charge is 2.05. The average Bonchev–Trinajstić information content (AvgIpc) is 1.98. The number of hydrogen-bond acceptors (Lipinski definition) is 2. The summed E-state index contributed by atoms with van der Waals surface area (Å²) in [5.74, 6) is -0.790. The number of aliphatic carboxylic acids is 1. The zero-order valence-electron chi connectivity index (χ0n) is 9.45. The van der Waals surface area contributed by atoms with E-state index in [1.54, 1.807) is 4.90 Å². The summed E-state index contributed by atoms with van der Waals surface area (Å²) in [6.07, 6.45) is 0. The molecule has 0 aliphatic carbocycles. The molecule has 15 heavy (non-hydrogen) atoms. The van der Waals surface area contributed by atoms with E-state index in [0.717, 1.165) is 5.56 Å². The van der Waals surface area contributed by atoms with Crippen molar-refractivity contribution < 1.29 is 9.90 Å². The van der Waals surface area contributed by atoms with Crippen molar-refractivity contribution in [1.82, 2.24) is 4.90 Å². The molecule has 0 bridgehead atoms. The summed E-state index contributed by atoms with van der Waals surface area (Å²) < 4.78 is 0. The first kappa shape index (κ1) is 11.7. The average molecular weight is 207 g/mol. The maximum atomic E-state index is 10.5. The Balaban J connectivity index is 2.67. The third-order valence-corrected chi connectivity index (χ3v) is 2.14. The second kappa shape index (κ2) is 4.94. The lowest BCUT2D eigenvalue weighted by atomic mass is 10.1. The minimum Gasteiger partial charge on any atom is -0.480 e. The van der Waals surface area contributed by atoms with Gasteiger partial charge in [-0.1, -0.05) is 29.3 Å². The van der Waals surface area contributed by atoms with Gasteiger partial charge in [0.25, 0.3) is 0 Å². The van der Waals surface area contributed by atoms with Crippen LogP contribution in [0.5, 0.6) is 0 Å². The molecule has 0 radical (unpaired) electrons. The molecular formula is C12H17NO2. The van der Waals surface area contributed by atoms with Gasteiger partial charge in [-0.2, -0.15) is 0 Å². The van der Waals surface area contributed by atoms with Crippen LogP contribution in [0.15, 0.2) is 18.2 Å². The van der Waals surface area contributed by atoms with Crippen molar-refractivity contribution in [2.24, 2.45) is 0 Å². The summed E-state index contributed by atoms with van der Waals surface area (Å²) >= 11 is 0. The van der Waals surface area contributed by atoms with Crippen LogP contribution in [-0.4, -0.2) is 29.6 Å². The zero-order valence-corrected chi connectivity index (χ0v) is 9.45. The van der Waals surface area contributed by atoms with E-state index < -0.39 is 5.97 Å². The van der Waals surface area contributed by atoms with Gasteiger partial charge in [-0.3, -0.25) is 9.69 Å². The fourth-order valence-corrected chi connectivity index (χ4v) is 1.76. The number of nitrogens with zero attached hydrogens (tertiary/aromatic N) is 1. The molecule has 0 aliphatic rings. The minimum atomic E-state index is -0.790. The SMILES string of the molecule is Cc1cc(C)cc(CN(C)CC(=O)O)c1. The zero-order chi connectivity index (χ0) is 11.4. The van der Waals surface area contributed by atoms with E-state index in [1.807, 2.05) is 20.9 Å². The number of aryl methyl sites for hydroxylation is 2. The van der Waals surface area contributed by atoms with Gasteiger partial charge in [0.05, 0.1) is 6.54 Å². The topological polar surface area (TPSA) is 40.5 Å². The van der Waals surface area contributed by atoms with Crippen molar-refractivity contribution in [3.05, 3.63) is 34.9 Å². The molecule has 1 aromatic carbocycles. The highest BCUT2D eigenvalue weighted by atomic mass is 16.4. The van der Waals surface area contributed by atoms with Crippen LogP contribution in [0.25, 0.3) is 0 Å². The highest BCUT2D eigenvalue weighted by molar-refractivity contribution is 5.69. The number of rotatable bonds is 4. The maximum Gasteiger partial charge on any atom is 0.317 e. The molecule has 0 heterocycles. The Morgan fingerprint density at radius 2 is 1.80 bits per heavy atom. The van der Waals surface area contributed by atoms with Crippen molar-refractivity contribution in [1.29, 1.82) is 0 Å². The van der Waals surface area contributed by atoms with Crippen LogP contribution in [0, 0.1) is 13.8 Å². The van der Waals surface area contributed by atoms with Crippen LogP contribution in [0.4, 0.5) is 0 Å². The molecule has 1 N–H and O–H groups in total. The van der Waals surface area contributed by atoms with Gasteiger partial charge in [0, 0.05) is 6.54 Å². The molecule has 1 rings (SSSR count). The molecular weight excluding hydrogens is 190 g/mol. The lowest BCUT2D eigenvalue weighted by Gasteiger charge is -2.14. The molecule has 0 fully saturated rings. The van der Waals surface area contributed by atoms with Crippen LogP contribution in [0.1, 0.15) is 16.7 Å². The fraction of sp³-hybridized carbons (Fsp3) is 0.417. The first-order valence-electron chi connectivity index (χ1n) is 4.95. The molecule has 0 spiro atoms. The quantitative estimate of drug-likeness (QED) is 0.818. The molecule has 0 aliphatic heterocycles. The van der Waals surface area contributed by atoms with E-state index in [9.17, 15) is 4.79 Å². The smallest absolute Gasteiger partial charge is 0.317 e. The van der Waals surface area contributed by atoms with E-state index in [2.05, 4.69) is 18.2 Å². The highest BCUT2D eigenvalue weighted by Crippen LogP contribution is 2.10. The molecule has 0 unspecified atom stereocenters. The van der Waals surface area contributed by atoms with Gasteiger partial charge in [-0.25, -0.2) is 0 Å². The number of benzene rings is 1. The molecule has 3 nitrogen and oxygen atoms in total. The van der Waals surface area contributed by atoms with Crippen LogP contribution in [0.3, 0.4) is 0 Å². The minimum absolute atomic E-state index is 0.0764. The molecule has 0 saturated heterocycles. The Labute approximate surface area is 90.3 Å². The Morgan fingerprint density at radius 1 is 1.27 bits per heavy atom. The summed E-state index contributed by atoms with van der Waals surface area (Å²) in [6.45, 7) is 4.85. The van der Waals surface area contributed by atoms with Gasteiger partial charge in [-0.15, -0.1) is 0 Å². The summed E-state index contributed by atoms with van der Waals surface area (Å²) in [4.78, 5) is 12.3. The molecule has 0 atom stereocenters. The number of likely N-dealkylation sites (N-methyl/N-ethyl adjacent to an activating group) is 1. The van der Waals surface area contributed by atoms with Crippen molar-refractivity contribution in [2.45, 2.75) is 20.4 Å². The van der Waals surface area contributed by atoms with E-state index in [1.165, 1.54) is 11.1 Å². The van der Waals surface area contributed by atoms with Crippen LogP contribution >= 0.6 is 0 Å². The summed E-state index contributed by atoms with van der Waals surface area (Å²) in [5, 5.41) is 8.63. The van der Waals surface area contributed by atoms with Crippen LogP contribution < -0.4 is 0 Å². The number of carbonyl (C=O) groups is 1. The number of carboxylic acid groups (broad SMARTS) is 1. The molecule has 82 valence electrons. The second-order valence-electron chi connectivity index (χ2n) is 4.06. The predicted molar refractivity (Wildman–Crippen MR) is 59.9 cm³/mol. The van der Waals surface area contributed by atoms with Crippen molar-refractivity contribution in [3.63, 3.8) is 0 Å². The van der Waals surface area contributed by atoms with Crippen LogP contribution in [0.2, 0.25) is 0 Å². The number of carboxylic acids is 1. The maximum absolute atomic E-state index is 10.5.